The SMILES string of the molecule is CC(C)n1cc(C(F)(F)F)nc1-c1ccc(Cn2ccc3cnc(Cl)nc32)cc1. The Morgan fingerprint density at radius 1 is 1.07 bits per heavy atom. The van der Waals surface area contributed by atoms with Crippen molar-refractivity contribution in [1.82, 2.24) is 24.1 Å². The molecule has 150 valence electrons. The van der Waals surface area contributed by atoms with E-state index in [9.17, 15) is 13.2 Å². The number of alkyl halides is 3. The van der Waals surface area contributed by atoms with Crippen LogP contribution in [0, 0.1) is 0 Å². The van der Waals surface area contributed by atoms with Gasteiger partial charge in [0.2, 0.25) is 5.28 Å². The number of fused-ring (bicyclic) bond motifs is 1. The molecule has 3 heterocycles. The van der Waals surface area contributed by atoms with Crippen LogP contribution < -0.4 is 0 Å². The third-order valence-corrected chi connectivity index (χ3v) is 4.80. The largest absolute Gasteiger partial charge is 0.434 e. The second-order valence-electron chi connectivity index (χ2n) is 7.01. The lowest BCUT2D eigenvalue weighted by molar-refractivity contribution is -0.140. The zero-order chi connectivity index (χ0) is 20.8. The highest BCUT2D eigenvalue weighted by Gasteiger charge is 2.35. The predicted molar refractivity (Wildman–Crippen MR) is 105 cm³/mol. The van der Waals surface area contributed by atoms with Gasteiger partial charge in [0.05, 0.1) is 0 Å². The molecule has 0 bridgehead atoms. The molecule has 0 spiro atoms. The van der Waals surface area contributed by atoms with Crippen LogP contribution in [0.4, 0.5) is 13.2 Å². The molecule has 0 unspecified atom stereocenters. The van der Waals surface area contributed by atoms with Gasteiger partial charge in [-0.3, -0.25) is 0 Å². The Bertz CT molecular complexity index is 1160. The Morgan fingerprint density at radius 2 is 1.79 bits per heavy atom. The van der Waals surface area contributed by atoms with Gasteiger partial charge >= 0.3 is 6.18 Å². The lowest BCUT2D eigenvalue weighted by Gasteiger charge is -2.12. The predicted octanol–water partition coefficient (Wildman–Crippen LogP) is 5.60. The fourth-order valence-corrected chi connectivity index (χ4v) is 3.30. The van der Waals surface area contributed by atoms with Crippen molar-refractivity contribution < 1.29 is 13.2 Å². The fourth-order valence-electron chi connectivity index (χ4n) is 3.17. The lowest BCUT2D eigenvalue weighted by atomic mass is 10.1. The molecule has 0 aliphatic rings. The Labute approximate surface area is 169 Å². The fraction of sp³-hybridized carbons (Fsp3) is 0.250. The number of hydrogen-bond acceptors (Lipinski definition) is 3. The molecule has 9 heteroatoms. The molecule has 0 aliphatic heterocycles. The van der Waals surface area contributed by atoms with Crippen LogP contribution in [0.25, 0.3) is 22.4 Å². The van der Waals surface area contributed by atoms with Gasteiger partial charge in [-0.05, 0) is 37.1 Å². The van der Waals surface area contributed by atoms with Crippen LogP contribution in [0.15, 0.2) is 48.9 Å². The molecule has 0 fully saturated rings. The highest BCUT2D eigenvalue weighted by Crippen LogP contribution is 2.32. The third kappa shape index (κ3) is 3.85. The molecule has 0 N–H and O–H groups in total. The second kappa shape index (κ2) is 7.18. The van der Waals surface area contributed by atoms with Crippen LogP contribution in [-0.4, -0.2) is 24.1 Å². The number of benzene rings is 1. The molecule has 29 heavy (non-hydrogen) atoms. The van der Waals surface area contributed by atoms with E-state index in [1.54, 1.807) is 18.3 Å². The monoisotopic (exact) mass is 419 g/mol. The number of hydrogen-bond donors (Lipinski definition) is 0. The average Bonchev–Trinajstić information content (AvgIpc) is 3.27. The number of rotatable bonds is 4. The number of nitrogens with zero attached hydrogens (tertiary/aromatic N) is 5. The molecule has 0 saturated carbocycles. The van der Waals surface area contributed by atoms with Crippen molar-refractivity contribution in [2.45, 2.75) is 32.6 Å². The van der Waals surface area contributed by atoms with Crippen molar-refractivity contribution in [3.63, 3.8) is 0 Å². The number of aromatic nitrogens is 5. The van der Waals surface area contributed by atoms with Crippen molar-refractivity contribution in [3.05, 3.63) is 65.5 Å². The Morgan fingerprint density at radius 3 is 2.45 bits per heavy atom. The van der Waals surface area contributed by atoms with Crippen LogP contribution >= 0.6 is 11.6 Å². The lowest BCUT2D eigenvalue weighted by Crippen LogP contribution is -2.05. The molecular weight excluding hydrogens is 403 g/mol. The van der Waals surface area contributed by atoms with E-state index in [2.05, 4.69) is 15.0 Å². The molecule has 0 radical (unpaired) electrons. The molecule has 0 saturated heterocycles. The van der Waals surface area contributed by atoms with Crippen LogP contribution in [0.5, 0.6) is 0 Å². The molecule has 0 aliphatic carbocycles. The summed E-state index contributed by atoms with van der Waals surface area (Å²) in [6, 6.07) is 9.06. The Hall–Kier alpha value is -2.87. The molecule has 3 aromatic heterocycles. The van der Waals surface area contributed by atoms with E-state index in [4.69, 9.17) is 11.6 Å². The van der Waals surface area contributed by atoms with Gasteiger partial charge in [-0.25, -0.2) is 9.97 Å². The minimum Gasteiger partial charge on any atom is -0.328 e. The summed E-state index contributed by atoms with van der Waals surface area (Å²) >= 11 is 5.89. The van der Waals surface area contributed by atoms with Crippen LogP contribution in [0.2, 0.25) is 5.28 Å². The van der Waals surface area contributed by atoms with E-state index in [-0.39, 0.29) is 11.3 Å². The zero-order valence-electron chi connectivity index (χ0n) is 15.7. The normalized spacial score (nSPS) is 12.2. The third-order valence-electron chi connectivity index (χ3n) is 4.62. The molecule has 1 aromatic carbocycles. The molecular formula is C20H17ClF3N5. The van der Waals surface area contributed by atoms with Gasteiger partial charge < -0.3 is 9.13 Å². The summed E-state index contributed by atoms with van der Waals surface area (Å²) in [5, 5.41) is 1.05. The first-order valence-electron chi connectivity index (χ1n) is 8.95. The van der Waals surface area contributed by atoms with E-state index >= 15 is 0 Å². The van der Waals surface area contributed by atoms with Gasteiger partial charge in [-0.1, -0.05) is 24.3 Å². The van der Waals surface area contributed by atoms with Crippen LogP contribution in [0.3, 0.4) is 0 Å². The zero-order valence-corrected chi connectivity index (χ0v) is 16.4. The quantitative estimate of drug-likeness (QED) is 0.405. The van der Waals surface area contributed by atoms with E-state index in [0.717, 1.165) is 22.8 Å². The average molecular weight is 420 g/mol. The van der Waals surface area contributed by atoms with Gasteiger partial charge in [0.1, 0.15) is 11.5 Å². The number of halogens is 4. The molecule has 0 atom stereocenters. The smallest absolute Gasteiger partial charge is 0.328 e. The first kappa shape index (κ1) is 19.4. The van der Waals surface area contributed by atoms with Crippen molar-refractivity contribution in [1.29, 1.82) is 0 Å². The highest BCUT2D eigenvalue weighted by molar-refractivity contribution is 6.28. The number of imidazole rings is 1. The first-order valence-corrected chi connectivity index (χ1v) is 9.33. The molecule has 0 amide bonds. The topological polar surface area (TPSA) is 48.5 Å². The van der Waals surface area contributed by atoms with E-state index in [1.807, 2.05) is 42.8 Å². The van der Waals surface area contributed by atoms with Crippen molar-refractivity contribution in [2.75, 3.05) is 0 Å². The van der Waals surface area contributed by atoms with Gasteiger partial charge in [-0.2, -0.15) is 18.2 Å². The molecule has 4 rings (SSSR count). The Kier molecular flexibility index (Phi) is 4.82. The van der Waals surface area contributed by atoms with Gasteiger partial charge in [0.25, 0.3) is 0 Å². The van der Waals surface area contributed by atoms with Crippen LogP contribution in [0.1, 0.15) is 31.1 Å². The standard InChI is InChI=1S/C20H17ClF3N5/c1-12(2)29-11-16(20(22,23)24)26-18(29)14-5-3-13(4-6-14)10-28-8-7-15-9-25-19(21)27-17(15)28/h3-9,11-12H,10H2,1-2H3. The summed E-state index contributed by atoms with van der Waals surface area (Å²) in [7, 11) is 0. The van der Waals surface area contributed by atoms with Crippen molar-refractivity contribution in [3.8, 4) is 11.4 Å². The van der Waals surface area contributed by atoms with Gasteiger partial charge in [0, 0.05) is 42.1 Å². The summed E-state index contributed by atoms with van der Waals surface area (Å²) in [6.07, 6.45) is 0.135. The maximum atomic E-state index is 13.1. The van der Waals surface area contributed by atoms with Crippen molar-refractivity contribution in [2.24, 2.45) is 0 Å². The molecule has 4 aromatic rings. The van der Waals surface area contributed by atoms with Gasteiger partial charge in [-0.15, -0.1) is 0 Å². The first-order chi connectivity index (χ1) is 13.7. The van der Waals surface area contributed by atoms with E-state index < -0.39 is 11.9 Å². The maximum absolute atomic E-state index is 13.1. The minimum absolute atomic E-state index is 0.149. The second-order valence-corrected chi connectivity index (χ2v) is 7.35. The summed E-state index contributed by atoms with van der Waals surface area (Å²) in [5.41, 5.74) is 1.43. The van der Waals surface area contributed by atoms with E-state index in [1.165, 1.54) is 4.57 Å². The summed E-state index contributed by atoms with van der Waals surface area (Å²) in [6.45, 7) is 4.19. The van der Waals surface area contributed by atoms with Gasteiger partial charge in [0.15, 0.2) is 5.69 Å². The van der Waals surface area contributed by atoms with E-state index in [0.29, 0.717) is 17.9 Å². The Balaban J connectivity index is 1.64. The highest BCUT2D eigenvalue weighted by atomic mass is 35.5. The molecule has 5 nitrogen and oxygen atoms in total. The summed E-state index contributed by atoms with van der Waals surface area (Å²) in [5.74, 6) is 0.296. The summed E-state index contributed by atoms with van der Waals surface area (Å²) in [4.78, 5) is 12.0. The summed E-state index contributed by atoms with van der Waals surface area (Å²) < 4.78 is 42.8. The van der Waals surface area contributed by atoms with Crippen LogP contribution in [-0.2, 0) is 12.7 Å². The van der Waals surface area contributed by atoms with Crippen molar-refractivity contribution >= 4 is 22.6 Å². The maximum Gasteiger partial charge on any atom is 0.434 e. The minimum atomic E-state index is -4.48.